The molecule has 0 atom stereocenters. The van der Waals surface area contributed by atoms with Crippen LogP contribution in [0.3, 0.4) is 0 Å². The summed E-state index contributed by atoms with van der Waals surface area (Å²) >= 11 is 0. The Morgan fingerprint density at radius 1 is 1.04 bits per heavy atom. The summed E-state index contributed by atoms with van der Waals surface area (Å²) in [7, 11) is 0. The molecule has 1 aromatic heterocycles. The fraction of sp³-hybridized carbons (Fsp3) is 0.500. The number of esters is 2. The Bertz CT molecular complexity index is 701. The maximum atomic E-state index is 12.6. The number of hydrogen-bond acceptors (Lipinski definition) is 6. The van der Waals surface area contributed by atoms with Crippen LogP contribution in [-0.2, 0) is 38.6 Å². The van der Waals surface area contributed by atoms with Crippen molar-refractivity contribution in [3.05, 3.63) is 41.5 Å². The molecule has 144 valence electrons. The topological polar surface area (TPSA) is 99.8 Å². The van der Waals surface area contributed by atoms with Crippen molar-refractivity contribution in [2.24, 2.45) is 0 Å². The second-order valence-corrected chi connectivity index (χ2v) is 5.56. The van der Waals surface area contributed by atoms with Crippen LogP contribution in [0, 0.1) is 0 Å². The number of aromatic nitrogens is 2. The molecule has 0 unspecified atom stereocenters. The highest BCUT2D eigenvalue weighted by atomic mass is 16.5. The number of imidazole rings is 1. The molecule has 8 nitrogen and oxygen atoms in total. The number of nitrogens with zero attached hydrogens (tertiary/aromatic N) is 2. The number of carbonyl (C=O) groups is 2. The van der Waals surface area contributed by atoms with Gasteiger partial charge in [0, 0.05) is 12.2 Å². The Morgan fingerprint density at radius 2 is 1.58 bits per heavy atom. The zero-order valence-corrected chi connectivity index (χ0v) is 15.1. The highest BCUT2D eigenvalue weighted by molar-refractivity contribution is 5.81. The van der Waals surface area contributed by atoms with Crippen LogP contribution >= 0.6 is 0 Å². The van der Waals surface area contributed by atoms with Gasteiger partial charge in [-0.15, -0.1) is 0 Å². The maximum Gasteiger partial charge on any atom is 0.331 e. The summed E-state index contributed by atoms with van der Waals surface area (Å²) in [6.45, 7) is 8.71. The van der Waals surface area contributed by atoms with E-state index < -0.39 is 17.6 Å². The molecule has 0 saturated heterocycles. The van der Waals surface area contributed by atoms with Crippen molar-refractivity contribution in [3.8, 4) is 5.88 Å². The van der Waals surface area contributed by atoms with Crippen molar-refractivity contribution in [1.82, 2.24) is 9.13 Å². The first kappa shape index (κ1) is 21.3. The Kier molecular flexibility index (Phi) is 8.97. The number of rotatable bonds is 12. The van der Waals surface area contributed by atoms with E-state index >= 15 is 0 Å². The van der Waals surface area contributed by atoms with Crippen molar-refractivity contribution in [2.45, 2.75) is 45.7 Å². The lowest BCUT2D eigenvalue weighted by Crippen LogP contribution is -2.28. The summed E-state index contributed by atoms with van der Waals surface area (Å²) in [5.74, 6) is -1.34. The Labute approximate surface area is 152 Å². The molecule has 1 N–H and O–H groups in total. The normalized spacial score (nSPS) is 10.3. The molecule has 26 heavy (non-hydrogen) atoms. The summed E-state index contributed by atoms with van der Waals surface area (Å²) in [4.78, 5) is 34.8. The van der Waals surface area contributed by atoms with Crippen LogP contribution < -0.4 is 5.69 Å². The van der Waals surface area contributed by atoms with Gasteiger partial charge in [-0.25, -0.2) is 14.4 Å². The second-order valence-electron chi connectivity index (χ2n) is 5.56. The molecular formula is C18H26N2O6. The average molecular weight is 366 g/mol. The third-order valence-corrected chi connectivity index (χ3v) is 3.77. The van der Waals surface area contributed by atoms with Gasteiger partial charge in [-0.2, -0.15) is 0 Å². The lowest BCUT2D eigenvalue weighted by Gasteiger charge is -2.07. The van der Waals surface area contributed by atoms with Crippen molar-refractivity contribution >= 4 is 11.9 Å². The number of aromatic hydroxyl groups is 1. The Balaban J connectivity index is 2.95. The van der Waals surface area contributed by atoms with E-state index in [1.807, 2.05) is 0 Å². The molecular weight excluding hydrogens is 340 g/mol. The minimum atomic E-state index is -0.600. The average Bonchev–Trinajstić information content (AvgIpc) is 2.86. The van der Waals surface area contributed by atoms with Gasteiger partial charge >= 0.3 is 17.6 Å². The number of unbranched alkanes of at least 4 members (excludes halogenated alkanes) is 2. The van der Waals surface area contributed by atoms with E-state index in [0.29, 0.717) is 12.1 Å². The maximum absolute atomic E-state index is 12.6. The number of ether oxygens (including phenoxy) is 2. The van der Waals surface area contributed by atoms with Crippen molar-refractivity contribution in [2.75, 3.05) is 13.2 Å². The summed E-state index contributed by atoms with van der Waals surface area (Å²) < 4.78 is 12.3. The zero-order chi connectivity index (χ0) is 19.5. The summed E-state index contributed by atoms with van der Waals surface area (Å²) in [6, 6.07) is 0. The van der Waals surface area contributed by atoms with E-state index in [0.717, 1.165) is 36.0 Å². The SMILES string of the molecule is C=CC(=O)OCCn1c(O)c(CCCCC)n(CCOC(=O)C=C)c1=O. The van der Waals surface area contributed by atoms with Crippen LogP contribution in [0.25, 0.3) is 0 Å². The smallest absolute Gasteiger partial charge is 0.331 e. The van der Waals surface area contributed by atoms with Crippen molar-refractivity contribution in [3.63, 3.8) is 0 Å². The molecule has 8 heteroatoms. The summed E-state index contributed by atoms with van der Waals surface area (Å²) in [5.41, 5.74) is 0.0338. The predicted octanol–water partition coefficient (Wildman–Crippen LogP) is 1.55. The number of carbonyl (C=O) groups excluding carboxylic acids is 2. The minimum Gasteiger partial charge on any atom is -0.493 e. The summed E-state index contributed by atoms with van der Waals surface area (Å²) in [6.07, 6.45) is 5.36. The molecule has 0 aliphatic heterocycles. The molecule has 0 aromatic carbocycles. The van der Waals surface area contributed by atoms with Crippen molar-refractivity contribution in [1.29, 1.82) is 0 Å². The van der Waals surface area contributed by atoms with Crippen LogP contribution in [0.1, 0.15) is 31.9 Å². The van der Waals surface area contributed by atoms with E-state index in [1.165, 1.54) is 4.57 Å². The highest BCUT2D eigenvalue weighted by Gasteiger charge is 2.19. The molecule has 0 aliphatic rings. The van der Waals surface area contributed by atoms with Crippen molar-refractivity contribution < 1.29 is 24.2 Å². The van der Waals surface area contributed by atoms with Gasteiger partial charge in [0.2, 0.25) is 5.88 Å². The lowest BCUT2D eigenvalue weighted by atomic mass is 10.1. The minimum absolute atomic E-state index is 0.0135. The zero-order valence-electron chi connectivity index (χ0n) is 15.1. The van der Waals surface area contributed by atoms with Gasteiger partial charge in [-0.3, -0.25) is 9.13 Å². The van der Waals surface area contributed by atoms with Gasteiger partial charge in [0.15, 0.2) is 0 Å². The van der Waals surface area contributed by atoms with E-state index in [-0.39, 0.29) is 32.2 Å². The van der Waals surface area contributed by atoms with Gasteiger partial charge < -0.3 is 14.6 Å². The first-order valence-electron chi connectivity index (χ1n) is 8.55. The summed E-state index contributed by atoms with van der Waals surface area (Å²) in [5, 5.41) is 10.4. The second kappa shape index (κ2) is 11.0. The Hall–Kier alpha value is -2.77. The third-order valence-electron chi connectivity index (χ3n) is 3.77. The van der Waals surface area contributed by atoms with Gasteiger partial charge in [0.05, 0.1) is 18.8 Å². The van der Waals surface area contributed by atoms with E-state index in [4.69, 9.17) is 9.47 Å². The van der Waals surface area contributed by atoms with Gasteiger partial charge in [0.25, 0.3) is 0 Å². The predicted molar refractivity (Wildman–Crippen MR) is 95.9 cm³/mol. The van der Waals surface area contributed by atoms with E-state index in [1.54, 1.807) is 0 Å². The Morgan fingerprint density at radius 3 is 2.08 bits per heavy atom. The fourth-order valence-corrected chi connectivity index (χ4v) is 2.44. The molecule has 0 fully saturated rings. The van der Waals surface area contributed by atoms with Crippen LogP contribution in [0.4, 0.5) is 0 Å². The first-order valence-corrected chi connectivity index (χ1v) is 8.55. The van der Waals surface area contributed by atoms with Crippen LogP contribution in [0.15, 0.2) is 30.1 Å². The molecule has 0 amide bonds. The van der Waals surface area contributed by atoms with Crippen LogP contribution in [0.2, 0.25) is 0 Å². The molecule has 0 bridgehead atoms. The highest BCUT2D eigenvalue weighted by Crippen LogP contribution is 2.19. The van der Waals surface area contributed by atoms with Crippen LogP contribution in [-0.4, -0.2) is 39.4 Å². The quantitative estimate of drug-likeness (QED) is 0.342. The fourth-order valence-electron chi connectivity index (χ4n) is 2.44. The largest absolute Gasteiger partial charge is 0.493 e. The standard InChI is InChI=1S/C18H26N2O6/c1-4-7-8-9-14-17(23)20(11-13-26-16(22)6-3)18(24)19(14)10-12-25-15(21)5-2/h5-6,23H,2-4,7-13H2,1H3. The van der Waals surface area contributed by atoms with E-state index in [9.17, 15) is 19.5 Å². The van der Waals surface area contributed by atoms with Gasteiger partial charge in [-0.1, -0.05) is 32.9 Å². The third kappa shape index (κ3) is 5.94. The molecule has 1 rings (SSSR count). The molecule has 0 radical (unpaired) electrons. The first-order chi connectivity index (χ1) is 12.5. The van der Waals surface area contributed by atoms with Gasteiger partial charge in [-0.05, 0) is 12.8 Å². The lowest BCUT2D eigenvalue weighted by molar-refractivity contribution is -0.138. The van der Waals surface area contributed by atoms with Gasteiger partial charge in [0.1, 0.15) is 13.2 Å². The molecule has 0 aliphatic carbocycles. The number of hydrogen-bond donors (Lipinski definition) is 1. The molecule has 0 spiro atoms. The van der Waals surface area contributed by atoms with E-state index in [2.05, 4.69) is 20.1 Å². The monoisotopic (exact) mass is 366 g/mol. The molecule has 0 saturated carbocycles. The molecule has 1 heterocycles. The van der Waals surface area contributed by atoms with Crippen LogP contribution in [0.5, 0.6) is 5.88 Å². The molecule has 1 aromatic rings.